The second-order valence-electron chi connectivity index (χ2n) is 7.34. The molecular formula is C18H24N6O3. The van der Waals surface area contributed by atoms with Gasteiger partial charge >= 0.3 is 0 Å². The lowest BCUT2D eigenvalue weighted by molar-refractivity contribution is -0.134. The van der Waals surface area contributed by atoms with Crippen LogP contribution < -0.4 is 0 Å². The van der Waals surface area contributed by atoms with Crippen molar-refractivity contribution in [1.82, 2.24) is 29.6 Å². The molecule has 0 aromatic carbocycles. The van der Waals surface area contributed by atoms with Crippen molar-refractivity contribution in [3.63, 3.8) is 0 Å². The molecule has 2 saturated heterocycles. The Balaban J connectivity index is 1.35. The lowest BCUT2D eigenvalue weighted by atomic mass is 9.94. The van der Waals surface area contributed by atoms with Gasteiger partial charge in [0.25, 0.3) is 0 Å². The largest absolute Gasteiger partial charge is 0.377 e. The average Bonchev–Trinajstić information content (AvgIpc) is 3.28. The fourth-order valence-electron chi connectivity index (χ4n) is 3.87. The van der Waals surface area contributed by atoms with Gasteiger partial charge in [0.15, 0.2) is 0 Å². The number of aromatic nitrogens is 5. The second-order valence-corrected chi connectivity index (χ2v) is 7.34. The standard InChI is InChI=1S/C18H24N6O3/c25-17(2-1-15-6-19-12-20-7-15)24-3-4-26-11-18(10-24)5-16(9-27-18)8-23-13-21-22-14-23/h6-7,12-14,16H,1-5,8-11H2. The Kier molecular flexibility index (Phi) is 5.40. The number of carbonyl (C=O) groups excluding carboxylic acids is 1. The van der Waals surface area contributed by atoms with Crippen molar-refractivity contribution in [3.05, 3.63) is 36.9 Å². The number of rotatable bonds is 5. The van der Waals surface area contributed by atoms with Crippen LogP contribution in [0.25, 0.3) is 0 Å². The molecule has 2 fully saturated rings. The molecule has 0 aliphatic carbocycles. The van der Waals surface area contributed by atoms with Crippen molar-refractivity contribution in [2.24, 2.45) is 5.92 Å². The van der Waals surface area contributed by atoms with Crippen LogP contribution in [0.1, 0.15) is 18.4 Å². The van der Waals surface area contributed by atoms with Crippen molar-refractivity contribution < 1.29 is 14.3 Å². The lowest BCUT2D eigenvalue weighted by Crippen LogP contribution is -2.46. The summed E-state index contributed by atoms with van der Waals surface area (Å²) in [7, 11) is 0. The van der Waals surface area contributed by atoms with Crippen LogP contribution in [0.2, 0.25) is 0 Å². The highest BCUT2D eigenvalue weighted by Crippen LogP contribution is 2.33. The molecule has 2 aromatic heterocycles. The van der Waals surface area contributed by atoms with E-state index in [2.05, 4.69) is 20.2 Å². The van der Waals surface area contributed by atoms with Gasteiger partial charge in [0, 0.05) is 37.8 Å². The maximum absolute atomic E-state index is 12.8. The molecule has 1 amide bonds. The minimum absolute atomic E-state index is 0.120. The molecule has 144 valence electrons. The SMILES string of the molecule is O=C(CCc1cncnc1)N1CCOCC2(CC(Cn3cnnc3)CO2)C1. The molecule has 0 radical (unpaired) electrons. The number of amides is 1. The zero-order chi connectivity index (χ0) is 18.5. The normalized spacial score (nSPS) is 25.6. The number of hydrogen-bond donors (Lipinski definition) is 0. The summed E-state index contributed by atoms with van der Waals surface area (Å²) in [5.41, 5.74) is 0.554. The first kappa shape index (κ1) is 18.0. The molecule has 2 unspecified atom stereocenters. The molecular weight excluding hydrogens is 348 g/mol. The van der Waals surface area contributed by atoms with E-state index >= 15 is 0 Å². The third-order valence-corrected chi connectivity index (χ3v) is 5.17. The van der Waals surface area contributed by atoms with Crippen molar-refractivity contribution in [2.45, 2.75) is 31.4 Å². The van der Waals surface area contributed by atoms with Crippen LogP contribution in [0.5, 0.6) is 0 Å². The molecule has 0 saturated carbocycles. The Hall–Kier alpha value is -2.39. The Labute approximate surface area is 157 Å². The molecule has 9 heteroatoms. The summed E-state index contributed by atoms with van der Waals surface area (Å²) in [6.07, 6.45) is 10.4. The van der Waals surface area contributed by atoms with Crippen molar-refractivity contribution in [3.8, 4) is 0 Å². The summed E-state index contributed by atoms with van der Waals surface area (Å²) in [6, 6.07) is 0. The van der Waals surface area contributed by atoms with Gasteiger partial charge in [-0.3, -0.25) is 4.79 Å². The third-order valence-electron chi connectivity index (χ3n) is 5.17. The molecule has 2 aliphatic rings. The Morgan fingerprint density at radius 1 is 1.26 bits per heavy atom. The van der Waals surface area contributed by atoms with E-state index in [1.54, 1.807) is 25.0 Å². The van der Waals surface area contributed by atoms with Gasteiger partial charge < -0.3 is 18.9 Å². The first-order valence-corrected chi connectivity index (χ1v) is 9.28. The van der Waals surface area contributed by atoms with E-state index in [-0.39, 0.29) is 5.91 Å². The van der Waals surface area contributed by atoms with Crippen molar-refractivity contribution >= 4 is 5.91 Å². The summed E-state index contributed by atoms with van der Waals surface area (Å²) in [4.78, 5) is 22.6. The van der Waals surface area contributed by atoms with E-state index in [0.717, 1.165) is 18.5 Å². The Bertz CT molecular complexity index is 741. The van der Waals surface area contributed by atoms with Crippen LogP contribution >= 0.6 is 0 Å². The van der Waals surface area contributed by atoms with Crippen LogP contribution in [0.4, 0.5) is 0 Å². The van der Waals surface area contributed by atoms with Crippen molar-refractivity contribution in [1.29, 1.82) is 0 Å². The van der Waals surface area contributed by atoms with Crippen LogP contribution in [-0.4, -0.2) is 74.1 Å². The maximum Gasteiger partial charge on any atom is 0.223 e. The number of nitrogens with zero attached hydrogens (tertiary/aromatic N) is 6. The van der Waals surface area contributed by atoms with E-state index in [4.69, 9.17) is 9.47 Å². The second kappa shape index (κ2) is 8.10. The monoisotopic (exact) mass is 372 g/mol. The maximum atomic E-state index is 12.8. The van der Waals surface area contributed by atoms with Gasteiger partial charge in [-0.1, -0.05) is 0 Å². The highest BCUT2D eigenvalue weighted by Gasteiger charge is 2.44. The predicted octanol–water partition coefficient (Wildman–Crippen LogP) is 0.335. The molecule has 1 spiro atoms. The number of aryl methyl sites for hydroxylation is 1. The summed E-state index contributed by atoms with van der Waals surface area (Å²) in [6.45, 7) is 3.73. The molecule has 2 atom stereocenters. The number of hydrogen-bond acceptors (Lipinski definition) is 7. The summed E-state index contributed by atoms with van der Waals surface area (Å²) < 4.78 is 13.9. The van der Waals surface area contributed by atoms with Crippen LogP contribution in [0, 0.1) is 5.92 Å². The minimum Gasteiger partial charge on any atom is -0.377 e. The lowest BCUT2D eigenvalue weighted by Gasteiger charge is -2.31. The Morgan fingerprint density at radius 3 is 2.89 bits per heavy atom. The predicted molar refractivity (Wildman–Crippen MR) is 94.6 cm³/mol. The van der Waals surface area contributed by atoms with Crippen LogP contribution in [0.15, 0.2) is 31.4 Å². The van der Waals surface area contributed by atoms with E-state index in [1.807, 2.05) is 9.47 Å². The fourth-order valence-corrected chi connectivity index (χ4v) is 3.87. The molecule has 2 aliphatic heterocycles. The summed E-state index contributed by atoms with van der Waals surface area (Å²) in [5, 5.41) is 7.70. The molecule has 27 heavy (non-hydrogen) atoms. The van der Waals surface area contributed by atoms with Gasteiger partial charge in [-0.2, -0.15) is 0 Å². The summed E-state index contributed by atoms with van der Waals surface area (Å²) >= 11 is 0. The molecule has 4 heterocycles. The molecule has 0 N–H and O–H groups in total. The van der Waals surface area contributed by atoms with Crippen molar-refractivity contribution in [2.75, 3.05) is 32.9 Å². The highest BCUT2D eigenvalue weighted by atomic mass is 16.5. The van der Waals surface area contributed by atoms with Gasteiger partial charge in [0.2, 0.25) is 5.91 Å². The fraction of sp³-hybridized carbons (Fsp3) is 0.611. The van der Waals surface area contributed by atoms with Gasteiger partial charge in [0.1, 0.15) is 24.6 Å². The minimum atomic E-state index is -0.416. The zero-order valence-electron chi connectivity index (χ0n) is 15.2. The number of ether oxygens (including phenoxy) is 2. The molecule has 0 bridgehead atoms. The van der Waals surface area contributed by atoms with E-state index in [0.29, 0.717) is 51.7 Å². The average molecular weight is 372 g/mol. The Morgan fingerprint density at radius 2 is 2.07 bits per heavy atom. The highest BCUT2D eigenvalue weighted by molar-refractivity contribution is 5.76. The first-order chi connectivity index (χ1) is 13.2. The van der Waals surface area contributed by atoms with Gasteiger partial charge in [-0.25, -0.2) is 9.97 Å². The zero-order valence-corrected chi connectivity index (χ0v) is 15.2. The van der Waals surface area contributed by atoms with Gasteiger partial charge in [0.05, 0.1) is 26.4 Å². The molecule has 4 rings (SSSR count). The summed E-state index contributed by atoms with van der Waals surface area (Å²) in [5.74, 6) is 0.482. The van der Waals surface area contributed by atoms with E-state index in [1.165, 1.54) is 6.33 Å². The van der Waals surface area contributed by atoms with E-state index in [9.17, 15) is 4.79 Å². The molecule has 2 aromatic rings. The van der Waals surface area contributed by atoms with Gasteiger partial charge in [-0.05, 0) is 18.4 Å². The van der Waals surface area contributed by atoms with Crippen LogP contribution in [0.3, 0.4) is 0 Å². The smallest absolute Gasteiger partial charge is 0.223 e. The van der Waals surface area contributed by atoms with E-state index < -0.39 is 5.60 Å². The third kappa shape index (κ3) is 4.48. The number of carbonyl (C=O) groups is 1. The quantitative estimate of drug-likeness (QED) is 0.746. The van der Waals surface area contributed by atoms with Gasteiger partial charge in [-0.15, -0.1) is 10.2 Å². The van der Waals surface area contributed by atoms with Crippen LogP contribution in [-0.2, 0) is 27.2 Å². The topological polar surface area (TPSA) is 95.3 Å². The molecule has 9 nitrogen and oxygen atoms in total. The first-order valence-electron chi connectivity index (χ1n) is 9.28.